The normalized spacial score (nSPS) is 24.4. The minimum atomic E-state index is -0.658. The second-order valence-corrected chi connectivity index (χ2v) is 21.1. The van der Waals surface area contributed by atoms with Gasteiger partial charge in [-0.1, -0.05) is 0 Å². The minimum Gasteiger partial charge on any atom is -0.390 e. The Morgan fingerprint density at radius 3 is 2.15 bits per heavy atom. The van der Waals surface area contributed by atoms with Gasteiger partial charge in [0, 0.05) is 43.7 Å². The quantitative estimate of drug-likeness (QED) is 0.0582. The Morgan fingerprint density at radius 2 is 1.45 bits per heavy atom. The van der Waals surface area contributed by atoms with Crippen LogP contribution in [0.25, 0.3) is 20.4 Å². The molecule has 4 aliphatic rings. The fourth-order valence-corrected chi connectivity index (χ4v) is 11.5. The van der Waals surface area contributed by atoms with Gasteiger partial charge in [0.1, 0.15) is 17.5 Å². The summed E-state index contributed by atoms with van der Waals surface area (Å²) in [5.41, 5.74) is 1.30. The van der Waals surface area contributed by atoms with Crippen LogP contribution in [0.5, 0.6) is 0 Å². The molecule has 0 spiro atoms. The third-order valence-electron chi connectivity index (χ3n) is 13.7. The lowest BCUT2D eigenvalue weighted by atomic mass is 9.84. The minimum absolute atomic E-state index is 0.0601. The SMILES string of the molecule is C[C@]1(O)CC[C@H](Nc2nc(Nc3cnn(C(=O)CC4CCN(c5cc6nc(Nc7cc(C(=O)NC8CCNCC8)n[nH]7)nc(N[C@H]7CC[C@](C)(O)CC7)c6s5)CC4)c3)nc3ccsc23)CC1. The number of nitrogens with one attached hydrogen (secondary N) is 7. The molecule has 8 heterocycles. The van der Waals surface area contributed by atoms with Crippen molar-refractivity contribution in [1.82, 2.24) is 50.5 Å². The van der Waals surface area contributed by atoms with E-state index in [4.69, 9.17) is 19.9 Å². The van der Waals surface area contributed by atoms with E-state index in [-0.39, 0.29) is 35.9 Å². The molecule has 0 radical (unpaired) electrons. The van der Waals surface area contributed by atoms with Gasteiger partial charge < -0.3 is 47.0 Å². The van der Waals surface area contributed by atoms with Crippen molar-refractivity contribution >= 4 is 95.0 Å². The standard InChI is InChI=1S/C45H59N15O4S2/c1-44(63)12-3-27(4-13-44)48-39-37-31(11-20-65-37)52-42(55-39)51-30-24-47-60(25-30)35(61)21-26-9-18-59(19-10-26)36-23-32-38(66-36)40(49-28-5-14-45(2,64)15-6-28)56-43(53-32)54-34-22-33(57-58-34)41(62)50-29-7-16-46-17-8-29/h11,20,22-29,46,63-64H,3-10,12-19,21H2,1-2H3,(H,50,62)(H2,48,51,52,55)(H3,49,53,54,56,57,58)/t27-,28-,44-,45-. The molecule has 6 aromatic heterocycles. The van der Waals surface area contributed by atoms with Gasteiger partial charge in [-0.25, -0.2) is 14.6 Å². The topological polar surface area (TPSA) is 248 Å². The second-order valence-electron chi connectivity index (χ2n) is 19.2. The van der Waals surface area contributed by atoms with Gasteiger partial charge in [0.05, 0.1) is 54.7 Å². The second kappa shape index (κ2) is 18.7. The molecule has 21 heteroatoms. The van der Waals surface area contributed by atoms with Gasteiger partial charge in [-0.15, -0.1) is 22.7 Å². The average Bonchev–Trinajstić information content (AvgIpc) is 4.14. The summed E-state index contributed by atoms with van der Waals surface area (Å²) in [7, 11) is 0. The summed E-state index contributed by atoms with van der Waals surface area (Å²) < 4.78 is 3.35. The predicted molar refractivity (Wildman–Crippen MR) is 259 cm³/mol. The maximum atomic E-state index is 13.6. The number of thiophene rings is 2. The highest BCUT2D eigenvalue weighted by atomic mass is 32.1. The summed E-state index contributed by atoms with van der Waals surface area (Å²) >= 11 is 3.25. The number of aliphatic hydroxyl groups is 2. The van der Waals surface area contributed by atoms with Crippen LogP contribution in [-0.2, 0) is 0 Å². The van der Waals surface area contributed by atoms with E-state index in [1.54, 1.807) is 41.1 Å². The van der Waals surface area contributed by atoms with E-state index < -0.39 is 11.2 Å². The van der Waals surface area contributed by atoms with Crippen LogP contribution < -0.4 is 36.8 Å². The monoisotopic (exact) mass is 937 g/mol. The summed E-state index contributed by atoms with van der Waals surface area (Å²) in [6, 6.07) is 6.26. The van der Waals surface area contributed by atoms with Gasteiger partial charge in [-0.05, 0) is 127 Å². The smallest absolute Gasteiger partial charge is 0.272 e. The zero-order valence-corrected chi connectivity index (χ0v) is 39.0. The van der Waals surface area contributed by atoms with Crippen molar-refractivity contribution in [2.45, 2.75) is 127 Å². The zero-order chi connectivity index (χ0) is 45.4. The van der Waals surface area contributed by atoms with Crippen LogP contribution in [0.1, 0.15) is 113 Å². The van der Waals surface area contributed by atoms with Gasteiger partial charge in [0.2, 0.25) is 17.8 Å². The lowest BCUT2D eigenvalue weighted by Gasteiger charge is -2.33. The summed E-state index contributed by atoms with van der Waals surface area (Å²) in [4.78, 5) is 48.3. The van der Waals surface area contributed by atoms with Gasteiger partial charge in [-0.2, -0.15) is 20.2 Å². The highest BCUT2D eigenvalue weighted by Crippen LogP contribution is 2.40. The molecule has 1 amide bonds. The van der Waals surface area contributed by atoms with Crippen LogP contribution in [0.15, 0.2) is 36.0 Å². The summed E-state index contributed by atoms with van der Waals surface area (Å²) in [5.74, 6) is 2.75. The Hall–Kier alpha value is -5.48. The highest BCUT2D eigenvalue weighted by Gasteiger charge is 2.32. The summed E-state index contributed by atoms with van der Waals surface area (Å²) in [6.07, 6.45) is 13.5. The molecule has 66 heavy (non-hydrogen) atoms. The van der Waals surface area contributed by atoms with Gasteiger partial charge in [-0.3, -0.25) is 14.7 Å². The molecule has 2 saturated carbocycles. The van der Waals surface area contributed by atoms with E-state index in [9.17, 15) is 19.8 Å². The first-order valence-corrected chi connectivity index (χ1v) is 25.1. The fourth-order valence-electron chi connectivity index (χ4n) is 9.60. The lowest BCUT2D eigenvalue weighted by molar-refractivity contribution is 0.0192. The molecule has 6 aromatic rings. The Balaban J connectivity index is 0.774. The number of carbonyl (C=O) groups is 2. The maximum Gasteiger partial charge on any atom is 0.272 e. The highest BCUT2D eigenvalue weighted by molar-refractivity contribution is 7.23. The van der Waals surface area contributed by atoms with Crippen LogP contribution in [0.3, 0.4) is 0 Å². The summed E-state index contributed by atoms with van der Waals surface area (Å²) in [6.45, 7) is 7.16. The van der Waals surface area contributed by atoms with Crippen LogP contribution in [-0.4, -0.2) is 117 Å². The Labute approximate surface area is 390 Å². The third kappa shape index (κ3) is 10.4. The number of carbonyl (C=O) groups excluding carboxylic acids is 2. The van der Waals surface area contributed by atoms with Crippen molar-refractivity contribution in [1.29, 1.82) is 0 Å². The third-order valence-corrected chi connectivity index (χ3v) is 15.8. The lowest BCUT2D eigenvalue weighted by Crippen LogP contribution is -2.42. The van der Waals surface area contributed by atoms with Crippen molar-refractivity contribution in [3.63, 3.8) is 0 Å². The van der Waals surface area contributed by atoms with Crippen LogP contribution >= 0.6 is 22.7 Å². The van der Waals surface area contributed by atoms with Gasteiger partial charge >= 0.3 is 0 Å². The van der Waals surface area contributed by atoms with Crippen LogP contribution in [0.2, 0.25) is 0 Å². The Kier molecular flexibility index (Phi) is 12.5. The molecule has 2 aliphatic heterocycles. The molecular formula is C45H59N15O4S2. The van der Waals surface area contributed by atoms with Crippen molar-refractivity contribution in [2.75, 3.05) is 52.3 Å². The molecule has 19 nitrogen and oxygen atoms in total. The zero-order valence-electron chi connectivity index (χ0n) is 37.4. The molecule has 9 N–H and O–H groups in total. The number of piperidine rings is 2. The van der Waals surface area contributed by atoms with E-state index >= 15 is 0 Å². The average molecular weight is 938 g/mol. The van der Waals surface area contributed by atoms with E-state index in [1.807, 2.05) is 25.3 Å². The summed E-state index contributed by atoms with van der Waals surface area (Å²) in [5, 5.41) is 56.0. The van der Waals surface area contributed by atoms with Gasteiger partial charge in [0.15, 0.2) is 5.69 Å². The number of fused-ring (bicyclic) bond motifs is 2. The Morgan fingerprint density at radius 1 is 0.803 bits per heavy atom. The number of hydrogen-bond donors (Lipinski definition) is 9. The molecular weight excluding hydrogens is 879 g/mol. The molecule has 4 fully saturated rings. The number of aromatic nitrogens is 8. The molecule has 0 aromatic carbocycles. The van der Waals surface area contributed by atoms with Crippen LogP contribution in [0, 0.1) is 5.92 Å². The number of aromatic amines is 1. The number of nitrogens with zero attached hydrogens (tertiary/aromatic N) is 8. The number of hydrogen-bond acceptors (Lipinski definition) is 18. The molecule has 0 unspecified atom stereocenters. The number of H-pyrrole nitrogens is 1. The molecule has 10 rings (SSSR count). The van der Waals surface area contributed by atoms with E-state index in [0.717, 1.165) is 127 Å². The van der Waals surface area contributed by atoms with Gasteiger partial charge in [0.25, 0.3) is 5.91 Å². The van der Waals surface area contributed by atoms with Crippen molar-refractivity contribution in [3.8, 4) is 0 Å². The molecule has 2 aliphatic carbocycles. The molecule has 2 saturated heterocycles. The van der Waals surface area contributed by atoms with Crippen molar-refractivity contribution in [2.24, 2.45) is 5.92 Å². The molecule has 0 bridgehead atoms. The fraction of sp³-hybridized carbons (Fsp3) is 0.556. The van der Waals surface area contributed by atoms with E-state index in [0.29, 0.717) is 48.4 Å². The van der Waals surface area contributed by atoms with Crippen LogP contribution in [0.4, 0.5) is 40.0 Å². The van der Waals surface area contributed by atoms with E-state index in [2.05, 4.69) is 58.2 Å². The number of amides is 1. The largest absolute Gasteiger partial charge is 0.390 e. The van der Waals surface area contributed by atoms with E-state index in [1.165, 1.54) is 4.68 Å². The maximum absolute atomic E-state index is 13.6. The molecule has 0 atom stereocenters. The van der Waals surface area contributed by atoms with Crippen molar-refractivity contribution in [3.05, 3.63) is 41.7 Å². The Bertz CT molecular complexity index is 2660. The predicted octanol–water partition coefficient (Wildman–Crippen LogP) is 6.74. The number of rotatable bonds is 13. The first kappa shape index (κ1) is 44.4. The first-order chi connectivity index (χ1) is 31.9. The van der Waals surface area contributed by atoms with Crippen molar-refractivity contribution < 1.29 is 19.8 Å². The number of anilines is 7. The first-order valence-electron chi connectivity index (χ1n) is 23.4. The molecule has 350 valence electrons.